The van der Waals surface area contributed by atoms with Gasteiger partial charge in [0.15, 0.2) is 0 Å². The van der Waals surface area contributed by atoms with Crippen LogP contribution in [-0.4, -0.2) is 41.9 Å². The van der Waals surface area contributed by atoms with Gasteiger partial charge >= 0.3 is 0 Å². The van der Waals surface area contributed by atoms with Gasteiger partial charge in [0.1, 0.15) is 0 Å². The van der Waals surface area contributed by atoms with Gasteiger partial charge in [-0.25, -0.2) is 0 Å². The van der Waals surface area contributed by atoms with Gasteiger partial charge < -0.3 is 16.0 Å². The van der Waals surface area contributed by atoms with E-state index in [9.17, 15) is 9.59 Å². The Morgan fingerprint density at radius 2 is 2.08 bits per heavy atom. The minimum atomic E-state index is -0.787. The normalized spacial score (nSPS) is 17.5. The van der Waals surface area contributed by atoms with Gasteiger partial charge in [0.25, 0.3) is 0 Å². The van der Waals surface area contributed by atoms with Crippen LogP contribution in [0.4, 0.5) is 0 Å². The van der Waals surface area contributed by atoms with Crippen LogP contribution in [0.5, 0.6) is 0 Å². The van der Waals surface area contributed by atoms with Crippen molar-refractivity contribution in [3.63, 3.8) is 0 Å². The van der Waals surface area contributed by atoms with E-state index in [-0.39, 0.29) is 30.1 Å². The number of carbonyl (C=O) groups excluding carboxylic acids is 2. The first-order chi connectivity index (χ1) is 11.4. The number of carbonyl (C=O) groups is 2. The van der Waals surface area contributed by atoms with Crippen LogP contribution in [0.25, 0.3) is 0 Å². The van der Waals surface area contributed by atoms with Crippen molar-refractivity contribution >= 4 is 35.6 Å². The number of halogens is 1. The molecule has 25 heavy (non-hydrogen) atoms. The Morgan fingerprint density at radius 1 is 1.40 bits per heavy atom. The number of hydrogen-bond acceptors (Lipinski definition) is 4. The number of piperidine rings is 1. The number of rotatable bonds is 7. The van der Waals surface area contributed by atoms with Gasteiger partial charge in [-0.15, -0.1) is 23.7 Å². The van der Waals surface area contributed by atoms with Crippen LogP contribution in [-0.2, 0) is 16.0 Å². The van der Waals surface area contributed by atoms with Gasteiger partial charge in [0.2, 0.25) is 11.8 Å². The molecule has 1 aromatic heterocycles. The van der Waals surface area contributed by atoms with Crippen molar-refractivity contribution in [1.29, 1.82) is 0 Å². The first-order valence-corrected chi connectivity index (χ1v) is 9.70. The number of hydrogen-bond donors (Lipinski definition) is 2. The lowest BCUT2D eigenvalue weighted by atomic mass is 9.91. The lowest BCUT2D eigenvalue weighted by molar-refractivity contribution is -0.140. The molecule has 7 heteroatoms. The van der Waals surface area contributed by atoms with E-state index in [4.69, 9.17) is 5.73 Å². The first-order valence-electron chi connectivity index (χ1n) is 8.82. The summed E-state index contributed by atoms with van der Waals surface area (Å²) in [6.45, 7) is 5.76. The highest BCUT2D eigenvalue weighted by atomic mass is 35.5. The summed E-state index contributed by atoms with van der Waals surface area (Å²) in [7, 11) is 0. The fourth-order valence-electron chi connectivity index (χ4n) is 3.24. The Labute approximate surface area is 160 Å². The Kier molecular flexibility index (Phi) is 8.89. The fraction of sp³-hybridized carbons (Fsp3) is 0.667. The lowest BCUT2D eigenvalue weighted by Crippen LogP contribution is -2.55. The van der Waals surface area contributed by atoms with Crippen molar-refractivity contribution in [3.8, 4) is 0 Å². The van der Waals surface area contributed by atoms with Gasteiger partial charge in [-0.1, -0.05) is 19.4 Å². The van der Waals surface area contributed by atoms with E-state index in [2.05, 4.69) is 11.4 Å². The summed E-state index contributed by atoms with van der Waals surface area (Å²) < 4.78 is 0. The minimum Gasteiger partial charge on any atom is -0.355 e. The maximum Gasteiger partial charge on any atom is 0.242 e. The van der Waals surface area contributed by atoms with E-state index >= 15 is 0 Å². The van der Waals surface area contributed by atoms with Gasteiger partial charge in [-0.3, -0.25) is 9.59 Å². The number of thiophene rings is 1. The molecular weight excluding hydrogens is 358 g/mol. The largest absolute Gasteiger partial charge is 0.355 e. The van der Waals surface area contributed by atoms with Crippen molar-refractivity contribution in [3.05, 3.63) is 22.4 Å². The molecule has 1 fully saturated rings. The molecule has 142 valence electrons. The molecule has 5 nitrogen and oxygen atoms in total. The van der Waals surface area contributed by atoms with E-state index < -0.39 is 5.54 Å². The third-order valence-corrected chi connectivity index (χ3v) is 5.60. The van der Waals surface area contributed by atoms with Gasteiger partial charge in [-0.2, -0.15) is 0 Å². The third kappa shape index (κ3) is 6.28. The van der Waals surface area contributed by atoms with Gasteiger partial charge in [0.05, 0.1) is 5.54 Å². The molecule has 1 aliphatic rings. The Bertz CT molecular complexity index is 541. The van der Waals surface area contributed by atoms with E-state index in [1.807, 2.05) is 30.2 Å². The van der Waals surface area contributed by atoms with Crippen LogP contribution in [0.1, 0.15) is 44.4 Å². The molecule has 0 aliphatic carbocycles. The number of nitrogens with one attached hydrogen (secondary N) is 1. The zero-order valence-corrected chi connectivity index (χ0v) is 16.8. The van der Waals surface area contributed by atoms with Crippen LogP contribution in [0.2, 0.25) is 0 Å². The van der Waals surface area contributed by atoms with E-state index in [0.29, 0.717) is 26.1 Å². The standard InChI is InChI=1S/C18H29N3O2S.ClH/c1-3-9-18(2,19)17(23)21-11-7-14(8-12-21)16(22)20-10-6-15-5-4-13-24-15;/h4-5,13-14H,3,6-12,19H2,1-2H3,(H,20,22);1H. The van der Waals surface area contributed by atoms with Gasteiger partial charge in [-0.05, 0) is 44.1 Å². The maximum atomic E-state index is 12.5. The summed E-state index contributed by atoms with van der Waals surface area (Å²) >= 11 is 1.71. The van der Waals surface area contributed by atoms with Crippen molar-refractivity contribution < 1.29 is 9.59 Å². The maximum absolute atomic E-state index is 12.5. The molecule has 3 N–H and O–H groups in total. The summed E-state index contributed by atoms with van der Waals surface area (Å²) in [6.07, 6.45) is 3.90. The second-order valence-electron chi connectivity index (χ2n) is 6.85. The third-order valence-electron chi connectivity index (χ3n) is 4.66. The Hall–Kier alpha value is -1.11. The molecule has 0 radical (unpaired) electrons. The minimum absolute atomic E-state index is 0. The number of nitrogens with zero attached hydrogens (tertiary/aromatic N) is 1. The van der Waals surface area contributed by atoms with Gasteiger partial charge in [0, 0.05) is 30.4 Å². The van der Waals surface area contributed by atoms with E-state index in [1.165, 1.54) is 4.88 Å². The molecule has 1 aliphatic heterocycles. The molecule has 1 atom stereocenters. The van der Waals surface area contributed by atoms with Crippen LogP contribution >= 0.6 is 23.7 Å². The van der Waals surface area contributed by atoms with Crippen molar-refractivity contribution in [1.82, 2.24) is 10.2 Å². The molecule has 2 heterocycles. The second-order valence-corrected chi connectivity index (χ2v) is 7.89. The number of nitrogens with two attached hydrogens (primary N) is 1. The van der Waals surface area contributed by atoms with Crippen molar-refractivity contribution in [2.45, 2.75) is 51.5 Å². The summed E-state index contributed by atoms with van der Waals surface area (Å²) in [5.74, 6) is 0.135. The van der Waals surface area contributed by atoms with Crippen LogP contribution in [0.3, 0.4) is 0 Å². The van der Waals surface area contributed by atoms with E-state index in [0.717, 1.165) is 25.7 Å². The topological polar surface area (TPSA) is 75.4 Å². The highest BCUT2D eigenvalue weighted by Crippen LogP contribution is 2.21. The molecule has 1 aromatic rings. The molecule has 0 spiro atoms. The quantitative estimate of drug-likeness (QED) is 0.755. The predicted octanol–water partition coefficient (Wildman–Crippen LogP) is 2.58. The van der Waals surface area contributed by atoms with Crippen LogP contribution in [0.15, 0.2) is 17.5 Å². The Morgan fingerprint density at radius 3 is 2.64 bits per heavy atom. The average molecular weight is 388 g/mol. The fourth-order valence-corrected chi connectivity index (χ4v) is 3.95. The first kappa shape index (κ1) is 21.9. The number of likely N-dealkylation sites (tertiary alicyclic amines) is 1. The SMILES string of the molecule is CCCC(C)(N)C(=O)N1CCC(C(=O)NCCc2cccs2)CC1.Cl. The molecule has 0 saturated carbocycles. The molecule has 1 saturated heterocycles. The molecule has 1 unspecified atom stereocenters. The highest BCUT2D eigenvalue weighted by molar-refractivity contribution is 7.09. The second kappa shape index (κ2) is 10.1. The Balaban J connectivity index is 0.00000312. The average Bonchev–Trinajstić information content (AvgIpc) is 3.07. The highest BCUT2D eigenvalue weighted by Gasteiger charge is 2.35. The van der Waals surface area contributed by atoms with Crippen LogP contribution in [0, 0.1) is 5.92 Å². The van der Waals surface area contributed by atoms with Crippen molar-refractivity contribution in [2.24, 2.45) is 11.7 Å². The van der Waals surface area contributed by atoms with E-state index in [1.54, 1.807) is 11.3 Å². The smallest absolute Gasteiger partial charge is 0.242 e. The summed E-state index contributed by atoms with van der Waals surface area (Å²) in [6, 6.07) is 4.11. The molecule has 2 rings (SSSR count). The monoisotopic (exact) mass is 387 g/mol. The number of amides is 2. The zero-order chi connectivity index (χ0) is 17.6. The molecule has 2 amide bonds. The molecule has 0 bridgehead atoms. The molecule has 0 aromatic carbocycles. The van der Waals surface area contributed by atoms with Crippen LogP contribution < -0.4 is 11.1 Å². The summed E-state index contributed by atoms with van der Waals surface area (Å²) in [5.41, 5.74) is 5.35. The predicted molar refractivity (Wildman–Crippen MR) is 105 cm³/mol. The molecular formula is C18H30ClN3O2S. The zero-order valence-electron chi connectivity index (χ0n) is 15.1. The summed E-state index contributed by atoms with van der Waals surface area (Å²) in [4.78, 5) is 27.9. The van der Waals surface area contributed by atoms with Crippen molar-refractivity contribution in [2.75, 3.05) is 19.6 Å². The summed E-state index contributed by atoms with van der Waals surface area (Å²) in [5, 5.41) is 5.07. The lowest BCUT2D eigenvalue weighted by Gasteiger charge is -2.36.